The molecule has 2 aromatic rings. The second kappa shape index (κ2) is 6.49. The quantitative estimate of drug-likeness (QED) is 0.919. The van der Waals surface area contributed by atoms with Crippen molar-refractivity contribution < 1.29 is 13.9 Å². The smallest absolute Gasteiger partial charge is 0.291 e. The topological polar surface area (TPSA) is 54.7 Å². The summed E-state index contributed by atoms with van der Waals surface area (Å²) in [6.45, 7) is 3.30. The molecule has 0 spiro atoms. The van der Waals surface area contributed by atoms with Crippen LogP contribution in [0.1, 0.15) is 23.2 Å². The third kappa shape index (κ3) is 3.28. The van der Waals surface area contributed by atoms with Gasteiger partial charge in [-0.15, -0.1) is 0 Å². The molecule has 126 valence electrons. The molecule has 4 heterocycles. The Morgan fingerprint density at radius 2 is 1.92 bits per heavy atom. The average Bonchev–Trinajstić information content (AvgIpc) is 3.01. The molecule has 6 heteroatoms. The molecular weight excluding hydrogens is 328 g/mol. The standard InChI is InChI=1S/C18H19ClN2O3/c19-16-5-6-17(24-16)23-14-3-1-13(2-4-14)18(22)20-15-11-21-9-7-12(15)8-10-21/h1-6,12,15H,7-11H2,(H,20,22). The van der Waals surface area contributed by atoms with Gasteiger partial charge in [-0.1, -0.05) is 0 Å². The first-order chi connectivity index (χ1) is 11.7. The molecule has 5 rings (SSSR count). The largest absolute Gasteiger partial charge is 0.426 e. The summed E-state index contributed by atoms with van der Waals surface area (Å²) in [5.41, 5.74) is 0.635. The van der Waals surface area contributed by atoms with Crippen LogP contribution in [0.2, 0.25) is 5.22 Å². The minimum Gasteiger partial charge on any atom is -0.426 e. The maximum Gasteiger partial charge on any atom is 0.291 e. The molecule has 3 aliphatic rings. The third-order valence-corrected chi connectivity index (χ3v) is 5.06. The van der Waals surface area contributed by atoms with Crippen molar-refractivity contribution >= 4 is 17.5 Å². The van der Waals surface area contributed by atoms with Crippen molar-refractivity contribution in [1.29, 1.82) is 0 Å². The number of nitrogens with one attached hydrogen (secondary N) is 1. The van der Waals surface area contributed by atoms with Crippen LogP contribution in [0.25, 0.3) is 0 Å². The van der Waals surface area contributed by atoms with E-state index in [4.69, 9.17) is 20.8 Å². The van der Waals surface area contributed by atoms with Crippen molar-refractivity contribution in [2.45, 2.75) is 18.9 Å². The van der Waals surface area contributed by atoms with Gasteiger partial charge in [-0.2, -0.15) is 0 Å². The molecule has 3 saturated heterocycles. The van der Waals surface area contributed by atoms with Crippen LogP contribution >= 0.6 is 11.6 Å². The first kappa shape index (κ1) is 15.5. The number of amides is 1. The first-order valence-corrected chi connectivity index (χ1v) is 8.62. The highest BCUT2D eigenvalue weighted by Crippen LogP contribution is 2.28. The highest BCUT2D eigenvalue weighted by Gasteiger charge is 2.34. The zero-order valence-corrected chi connectivity index (χ0v) is 14.0. The molecule has 3 fully saturated rings. The van der Waals surface area contributed by atoms with Gasteiger partial charge in [0.25, 0.3) is 11.9 Å². The van der Waals surface area contributed by atoms with E-state index < -0.39 is 0 Å². The summed E-state index contributed by atoms with van der Waals surface area (Å²) in [5.74, 6) is 1.51. The van der Waals surface area contributed by atoms with E-state index in [0.717, 1.165) is 6.54 Å². The lowest BCUT2D eigenvalue weighted by atomic mass is 9.84. The van der Waals surface area contributed by atoms with E-state index in [1.807, 2.05) is 0 Å². The molecule has 1 atom stereocenters. The number of hydrogen-bond acceptors (Lipinski definition) is 4. The maximum atomic E-state index is 12.5. The molecular formula is C18H19ClN2O3. The van der Waals surface area contributed by atoms with Crippen LogP contribution in [0.15, 0.2) is 40.8 Å². The van der Waals surface area contributed by atoms with Crippen LogP contribution < -0.4 is 10.1 Å². The van der Waals surface area contributed by atoms with E-state index in [1.165, 1.54) is 25.9 Å². The zero-order valence-electron chi connectivity index (χ0n) is 13.2. The molecule has 1 aromatic carbocycles. The van der Waals surface area contributed by atoms with Gasteiger partial charge < -0.3 is 19.4 Å². The Labute approximate surface area is 145 Å². The van der Waals surface area contributed by atoms with Crippen molar-refractivity contribution in [2.75, 3.05) is 19.6 Å². The fraction of sp³-hybridized carbons (Fsp3) is 0.389. The number of benzene rings is 1. The maximum absolute atomic E-state index is 12.5. The van der Waals surface area contributed by atoms with E-state index in [0.29, 0.717) is 23.2 Å². The van der Waals surface area contributed by atoms with E-state index >= 15 is 0 Å². The van der Waals surface area contributed by atoms with Gasteiger partial charge in [0.15, 0.2) is 5.22 Å². The van der Waals surface area contributed by atoms with Crippen molar-refractivity contribution in [2.24, 2.45) is 5.92 Å². The van der Waals surface area contributed by atoms with Gasteiger partial charge in [-0.25, -0.2) is 0 Å². The summed E-state index contributed by atoms with van der Waals surface area (Å²) < 4.78 is 10.7. The van der Waals surface area contributed by atoms with Crippen LogP contribution in [-0.4, -0.2) is 36.5 Å². The van der Waals surface area contributed by atoms with Crippen molar-refractivity contribution in [3.63, 3.8) is 0 Å². The van der Waals surface area contributed by atoms with Gasteiger partial charge in [0.2, 0.25) is 0 Å². The molecule has 5 nitrogen and oxygen atoms in total. The fourth-order valence-corrected chi connectivity index (χ4v) is 3.66. The van der Waals surface area contributed by atoms with Gasteiger partial charge in [-0.05, 0) is 67.7 Å². The predicted molar refractivity (Wildman–Crippen MR) is 90.7 cm³/mol. The Hall–Kier alpha value is -1.98. The number of hydrogen-bond donors (Lipinski definition) is 1. The molecule has 0 saturated carbocycles. The average molecular weight is 347 g/mol. The second-order valence-corrected chi connectivity index (χ2v) is 6.78. The summed E-state index contributed by atoms with van der Waals surface area (Å²) in [5, 5.41) is 3.46. The number of fused-ring (bicyclic) bond motifs is 3. The van der Waals surface area contributed by atoms with Crippen molar-refractivity contribution in [3.8, 4) is 11.7 Å². The van der Waals surface area contributed by atoms with Crippen LogP contribution in [0, 0.1) is 5.92 Å². The number of halogens is 1. The van der Waals surface area contributed by atoms with Gasteiger partial charge >= 0.3 is 0 Å². The number of rotatable bonds is 4. The lowest BCUT2D eigenvalue weighted by Gasteiger charge is -2.44. The van der Waals surface area contributed by atoms with Gasteiger partial charge in [-0.3, -0.25) is 4.79 Å². The summed E-state index contributed by atoms with van der Waals surface area (Å²) in [6.07, 6.45) is 2.37. The summed E-state index contributed by atoms with van der Waals surface area (Å²) >= 11 is 5.71. The van der Waals surface area contributed by atoms with Crippen LogP contribution in [0.4, 0.5) is 0 Å². The molecule has 2 bridgehead atoms. The van der Waals surface area contributed by atoms with E-state index in [-0.39, 0.29) is 17.2 Å². The number of carbonyl (C=O) groups excluding carboxylic acids is 1. The number of piperidine rings is 3. The lowest BCUT2D eigenvalue weighted by Crippen LogP contribution is -2.57. The lowest BCUT2D eigenvalue weighted by molar-refractivity contribution is 0.0620. The normalized spacial score (nSPS) is 25.5. The van der Waals surface area contributed by atoms with Gasteiger partial charge in [0.1, 0.15) is 5.75 Å². The summed E-state index contributed by atoms with van der Waals surface area (Å²) in [7, 11) is 0. The van der Waals surface area contributed by atoms with Crippen molar-refractivity contribution in [3.05, 3.63) is 47.2 Å². The molecule has 1 N–H and O–H groups in total. The van der Waals surface area contributed by atoms with Crippen LogP contribution in [0.5, 0.6) is 11.7 Å². The SMILES string of the molecule is O=C(NC1CN2CCC1CC2)c1ccc(Oc2ccc(Cl)o2)cc1. The molecule has 0 radical (unpaired) electrons. The minimum atomic E-state index is -0.0265. The van der Waals surface area contributed by atoms with Crippen LogP contribution in [0.3, 0.4) is 0 Å². The summed E-state index contributed by atoms with van der Waals surface area (Å²) in [4.78, 5) is 14.9. The third-order valence-electron chi connectivity index (χ3n) is 4.86. The number of carbonyl (C=O) groups is 1. The Morgan fingerprint density at radius 3 is 2.50 bits per heavy atom. The van der Waals surface area contributed by atoms with Gasteiger partial charge in [0, 0.05) is 30.3 Å². The second-order valence-electron chi connectivity index (χ2n) is 6.40. The van der Waals surface area contributed by atoms with E-state index in [9.17, 15) is 4.79 Å². The van der Waals surface area contributed by atoms with E-state index in [2.05, 4.69) is 10.2 Å². The van der Waals surface area contributed by atoms with E-state index in [1.54, 1.807) is 36.4 Å². The number of nitrogens with zero attached hydrogens (tertiary/aromatic N) is 1. The van der Waals surface area contributed by atoms with Crippen molar-refractivity contribution in [1.82, 2.24) is 10.2 Å². The molecule has 1 aromatic heterocycles. The highest BCUT2D eigenvalue weighted by molar-refractivity contribution is 6.28. The first-order valence-electron chi connectivity index (χ1n) is 8.24. The monoisotopic (exact) mass is 346 g/mol. The zero-order chi connectivity index (χ0) is 16.5. The number of ether oxygens (including phenoxy) is 1. The number of furan rings is 1. The highest BCUT2D eigenvalue weighted by atomic mass is 35.5. The Bertz CT molecular complexity index is 720. The molecule has 24 heavy (non-hydrogen) atoms. The van der Waals surface area contributed by atoms with Gasteiger partial charge in [0.05, 0.1) is 0 Å². The molecule has 3 aliphatic heterocycles. The predicted octanol–water partition coefficient (Wildman–Crippen LogP) is 3.55. The minimum absolute atomic E-state index is 0.0265. The molecule has 1 amide bonds. The molecule has 1 unspecified atom stereocenters. The Kier molecular flexibility index (Phi) is 4.21. The Balaban J connectivity index is 1.38. The molecule has 0 aliphatic carbocycles. The van der Waals surface area contributed by atoms with Crippen LogP contribution in [-0.2, 0) is 0 Å². The fourth-order valence-electron chi connectivity index (χ4n) is 3.52. The Morgan fingerprint density at radius 1 is 1.17 bits per heavy atom. The summed E-state index contributed by atoms with van der Waals surface area (Å²) in [6, 6.07) is 10.6.